The predicted molar refractivity (Wildman–Crippen MR) is 83.0 cm³/mol. The Morgan fingerprint density at radius 2 is 1.95 bits per heavy atom. The van der Waals surface area contributed by atoms with Crippen LogP contribution < -0.4 is 0 Å². The molecule has 21 heavy (non-hydrogen) atoms. The lowest BCUT2D eigenvalue weighted by Gasteiger charge is -2.18. The molecule has 0 saturated carbocycles. The Labute approximate surface area is 138 Å². The third kappa shape index (κ3) is 5.00. The number of carbonyl (C=O) groups is 1. The minimum Gasteiger partial charge on any atom is -0.385 e. The fourth-order valence-electron chi connectivity index (χ4n) is 1.61. The van der Waals surface area contributed by atoms with Gasteiger partial charge in [0.1, 0.15) is 0 Å². The lowest BCUT2D eigenvalue weighted by Crippen LogP contribution is -2.28. The summed E-state index contributed by atoms with van der Waals surface area (Å²) in [5.74, 6) is -0.444. The van der Waals surface area contributed by atoms with Gasteiger partial charge in [-0.2, -0.15) is 0 Å². The van der Waals surface area contributed by atoms with Crippen molar-refractivity contribution >= 4 is 48.8 Å². The zero-order valence-corrected chi connectivity index (χ0v) is 14.5. The second-order valence-electron chi connectivity index (χ2n) is 4.28. The van der Waals surface area contributed by atoms with Gasteiger partial charge in [-0.3, -0.25) is 4.79 Å². The van der Waals surface area contributed by atoms with Crippen molar-refractivity contribution in [1.82, 2.24) is 4.90 Å². The van der Waals surface area contributed by atoms with Crippen molar-refractivity contribution in [3.05, 3.63) is 27.7 Å². The Balaban J connectivity index is 3.11. The smallest absolute Gasteiger partial charge is 0.261 e. The van der Waals surface area contributed by atoms with Crippen molar-refractivity contribution in [2.75, 3.05) is 27.3 Å². The van der Waals surface area contributed by atoms with Gasteiger partial charge in [-0.25, -0.2) is 8.42 Å². The predicted octanol–water partition coefficient (Wildman–Crippen LogP) is 3.03. The van der Waals surface area contributed by atoms with Crippen molar-refractivity contribution in [3.8, 4) is 0 Å². The summed E-state index contributed by atoms with van der Waals surface area (Å²) in [5.41, 5.74) is -0.0108. The van der Waals surface area contributed by atoms with E-state index in [9.17, 15) is 13.2 Å². The molecule has 0 spiro atoms. The molecule has 0 heterocycles. The van der Waals surface area contributed by atoms with E-state index in [1.54, 1.807) is 14.2 Å². The molecule has 118 valence electrons. The van der Waals surface area contributed by atoms with Gasteiger partial charge in [0.25, 0.3) is 15.0 Å². The van der Waals surface area contributed by atoms with E-state index < -0.39 is 15.0 Å². The van der Waals surface area contributed by atoms with Crippen molar-refractivity contribution in [3.63, 3.8) is 0 Å². The second kappa shape index (κ2) is 7.65. The molecule has 1 aromatic carbocycles. The first-order chi connectivity index (χ1) is 9.68. The van der Waals surface area contributed by atoms with Crippen LogP contribution in [0.25, 0.3) is 0 Å². The fourth-order valence-corrected chi connectivity index (χ4v) is 2.87. The summed E-state index contributed by atoms with van der Waals surface area (Å²) in [6, 6.07) is 2.22. The summed E-state index contributed by atoms with van der Waals surface area (Å²) in [6.45, 7) is 0.931. The van der Waals surface area contributed by atoms with E-state index in [0.717, 1.165) is 12.1 Å². The van der Waals surface area contributed by atoms with E-state index in [0.29, 0.717) is 19.6 Å². The Hall–Kier alpha value is -0.530. The Kier molecular flexibility index (Phi) is 6.74. The molecule has 1 rings (SSSR count). The zero-order valence-electron chi connectivity index (χ0n) is 11.4. The molecule has 0 aliphatic heterocycles. The van der Waals surface area contributed by atoms with Gasteiger partial charge in [-0.05, 0) is 18.6 Å². The van der Waals surface area contributed by atoms with Gasteiger partial charge in [-0.15, -0.1) is 0 Å². The molecule has 1 aromatic rings. The number of benzene rings is 1. The first kappa shape index (κ1) is 18.5. The van der Waals surface area contributed by atoms with Crippen LogP contribution in [0.3, 0.4) is 0 Å². The molecule has 0 aliphatic rings. The van der Waals surface area contributed by atoms with E-state index in [2.05, 4.69) is 0 Å². The van der Waals surface area contributed by atoms with Crippen LogP contribution in [-0.2, 0) is 13.8 Å². The molecule has 0 N–H and O–H groups in total. The number of hydrogen-bond acceptors (Lipinski definition) is 4. The summed E-state index contributed by atoms with van der Waals surface area (Å²) in [4.78, 5) is 13.4. The molecule has 5 nitrogen and oxygen atoms in total. The highest BCUT2D eigenvalue weighted by Gasteiger charge is 2.22. The van der Waals surface area contributed by atoms with Crippen LogP contribution in [0.4, 0.5) is 0 Å². The minimum absolute atomic E-state index is 0.00988. The third-order valence-corrected chi connectivity index (χ3v) is 4.84. The highest BCUT2D eigenvalue weighted by Crippen LogP contribution is 2.31. The Morgan fingerprint density at radius 3 is 2.48 bits per heavy atom. The van der Waals surface area contributed by atoms with Crippen LogP contribution >= 0.6 is 33.9 Å². The van der Waals surface area contributed by atoms with Crippen LogP contribution in [0.5, 0.6) is 0 Å². The number of hydrogen-bond donors (Lipinski definition) is 0. The normalized spacial score (nSPS) is 11.5. The molecule has 0 fully saturated rings. The van der Waals surface area contributed by atoms with E-state index in [4.69, 9.17) is 38.6 Å². The average molecular weight is 375 g/mol. The van der Waals surface area contributed by atoms with Gasteiger partial charge in [0.2, 0.25) is 0 Å². The van der Waals surface area contributed by atoms with Gasteiger partial charge in [0.15, 0.2) is 0 Å². The van der Waals surface area contributed by atoms with Crippen molar-refractivity contribution in [2.24, 2.45) is 0 Å². The highest BCUT2D eigenvalue weighted by molar-refractivity contribution is 8.13. The van der Waals surface area contributed by atoms with E-state index in [1.807, 2.05) is 0 Å². The lowest BCUT2D eigenvalue weighted by atomic mass is 10.2. The SMILES string of the molecule is COCCCN(C)C(=O)c1cc(S(=O)(=O)Cl)cc(Cl)c1Cl. The summed E-state index contributed by atoms with van der Waals surface area (Å²) in [6.07, 6.45) is 0.636. The third-order valence-electron chi connectivity index (χ3n) is 2.70. The number of rotatable bonds is 6. The largest absolute Gasteiger partial charge is 0.385 e. The van der Waals surface area contributed by atoms with Crippen molar-refractivity contribution in [2.45, 2.75) is 11.3 Å². The van der Waals surface area contributed by atoms with Crippen LogP contribution in [0.15, 0.2) is 17.0 Å². The molecular formula is C12H14Cl3NO4S. The van der Waals surface area contributed by atoms with Crippen LogP contribution in [0, 0.1) is 0 Å². The molecule has 0 bridgehead atoms. The maximum absolute atomic E-state index is 12.3. The average Bonchev–Trinajstić information content (AvgIpc) is 2.39. The summed E-state index contributed by atoms with van der Waals surface area (Å²) < 4.78 is 27.7. The molecular weight excluding hydrogens is 361 g/mol. The van der Waals surface area contributed by atoms with Crippen LogP contribution in [0.1, 0.15) is 16.8 Å². The minimum atomic E-state index is -4.01. The number of methoxy groups -OCH3 is 1. The zero-order chi connectivity index (χ0) is 16.2. The maximum Gasteiger partial charge on any atom is 0.261 e. The van der Waals surface area contributed by atoms with Crippen molar-refractivity contribution in [1.29, 1.82) is 0 Å². The van der Waals surface area contributed by atoms with E-state index in [1.165, 1.54) is 4.90 Å². The first-order valence-electron chi connectivity index (χ1n) is 5.86. The highest BCUT2D eigenvalue weighted by atomic mass is 35.7. The van der Waals surface area contributed by atoms with Crippen LogP contribution in [-0.4, -0.2) is 46.5 Å². The topological polar surface area (TPSA) is 63.7 Å². The Morgan fingerprint density at radius 1 is 1.33 bits per heavy atom. The summed E-state index contributed by atoms with van der Waals surface area (Å²) in [5, 5.41) is -0.0589. The van der Waals surface area contributed by atoms with Crippen LogP contribution in [0.2, 0.25) is 10.0 Å². The second-order valence-corrected chi connectivity index (χ2v) is 7.63. The lowest BCUT2D eigenvalue weighted by molar-refractivity contribution is 0.0779. The standard InChI is InChI=1S/C12H14Cl3NO4S/c1-16(4-3-5-20-2)12(17)9-6-8(21(15,18)19)7-10(13)11(9)14/h6-7H,3-5H2,1-2H3. The molecule has 0 radical (unpaired) electrons. The fraction of sp³-hybridized carbons (Fsp3) is 0.417. The number of amides is 1. The molecule has 9 heteroatoms. The molecule has 0 atom stereocenters. The van der Waals surface area contributed by atoms with Gasteiger partial charge >= 0.3 is 0 Å². The monoisotopic (exact) mass is 373 g/mol. The van der Waals surface area contributed by atoms with Gasteiger partial charge in [0.05, 0.1) is 20.5 Å². The first-order valence-corrected chi connectivity index (χ1v) is 8.93. The molecule has 0 unspecified atom stereocenters. The van der Waals surface area contributed by atoms with E-state index >= 15 is 0 Å². The van der Waals surface area contributed by atoms with E-state index in [-0.39, 0.29) is 20.5 Å². The van der Waals surface area contributed by atoms with Gasteiger partial charge < -0.3 is 9.64 Å². The molecule has 0 aliphatic carbocycles. The Bertz CT molecular complexity index is 634. The summed E-state index contributed by atoms with van der Waals surface area (Å²) >= 11 is 11.8. The maximum atomic E-state index is 12.3. The summed E-state index contributed by atoms with van der Waals surface area (Å²) in [7, 11) is 4.40. The number of nitrogens with zero attached hydrogens (tertiary/aromatic N) is 1. The number of carbonyl (C=O) groups excluding carboxylic acids is 1. The number of halogens is 3. The molecule has 1 amide bonds. The quantitative estimate of drug-likeness (QED) is 0.567. The van der Waals surface area contributed by atoms with Gasteiger partial charge in [-0.1, -0.05) is 23.2 Å². The molecule has 0 aromatic heterocycles. The molecule has 0 saturated heterocycles. The number of ether oxygens (including phenoxy) is 1. The van der Waals surface area contributed by atoms with Crippen molar-refractivity contribution < 1.29 is 17.9 Å². The van der Waals surface area contributed by atoms with Gasteiger partial charge in [0, 0.05) is 38.0 Å².